The van der Waals surface area contributed by atoms with E-state index in [1.165, 1.54) is 16.0 Å². The van der Waals surface area contributed by atoms with Crippen LogP contribution in [0.15, 0.2) is 39.6 Å². The molecule has 0 aliphatic carbocycles. The van der Waals surface area contributed by atoms with Crippen molar-refractivity contribution in [3.8, 4) is 0 Å². The predicted molar refractivity (Wildman–Crippen MR) is 81.9 cm³/mol. The Balaban J connectivity index is 2.07. The molecule has 5 heteroatoms. The van der Waals surface area contributed by atoms with Gasteiger partial charge in [0.15, 0.2) is 0 Å². The molecule has 0 spiro atoms. The summed E-state index contributed by atoms with van der Waals surface area (Å²) in [5.74, 6) is 0.335. The van der Waals surface area contributed by atoms with Crippen molar-refractivity contribution < 1.29 is 0 Å². The molecule has 2 N–H and O–H groups in total. The Hall–Kier alpha value is -1.59. The van der Waals surface area contributed by atoms with Gasteiger partial charge in [0.2, 0.25) is 5.95 Å². The van der Waals surface area contributed by atoms with Gasteiger partial charge in [0.25, 0.3) is 0 Å². The predicted octanol–water partition coefficient (Wildman–Crippen LogP) is 4.04. The molecule has 2 heterocycles. The van der Waals surface area contributed by atoms with Gasteiger partial charge in [0.1, 0.15) is 9.86 Å². The molecule has 0 saturated heterocycles. The molecule has 0 radical (unpaired) electrons. The van der Waals surface area contributed by atoms with Gasteiger partial charge < -0.3 is 5.73 Å². The molecule has 0 saturated carbocycles. The minimum atomic E-state index is 0.335. The van der Waals surface area contributed by atoms with E-state index in [2.05, 4.69) is 42.0 Å². The van der Waals surface area contributed by atoms with Crippen LogP contribution in [0.2, 0.25) is 0 Å². The van der Waals surface area contributed by atoms with Crippen LogP contribution in [0.25, 0.3) is 10.2 Å². The molecule has 19 heavy (non-hydrogen) atoms. The van der Waals surface area contributed by atoms with Crippen LogP contribution in [0.1, 0.15) is 11.1 Å². The quantitative estimate of drug-likeness (QED) is 0.723. The van der Waals surface area contributed by atoms with Crippen molar-refractivity contribution in [1.29, 1.82) is 0 Å². The molecule has 2 aromatic heterocycles. The third kappa shape index (κ3) is 2.43. The first-order valence-electron chi connectivity index (χ1n) is 5.89. The average molecular weight is 287 g/mol. The third-order valence-corrected chi connectivity index (χ3v) is 4.83. The Kier molecular flexibility index (Phi) is 3.16. The number of benzene rings is 1. The Morgan fingerprint density at radius 3 is 2.79 bits per heavy atom. The van der Waals surface area contributed by atoms with E-state index in [0.29, 0.717) is 5.95 Å². The zero-order valence-corrected chi connectivity index (χ0v) is 12.3. The highest BCUT2D eigenvalue weighted by molar-refractivity contribution is 7.99. The van der Waals surface area contributed by atoms with Crippen molar-refractivity contribution in [3.05, 3.63) is 40.8 Å². The zero-order chi connectivity index (χ0) is 13.4. The highest BCUT2D eigenvalue weighted by Gasteiger charge is 2.10. The number of nitrogens with two attached hydrogens (primary N) is 1. The highest BCUT2D eigenvalue weighted by atomic mass is 32.2. The molecular weight excluding hydrogens is 274 g/mol. The molecule has 96 valence electrons. The number of thiophene rings is 1. The van der Waals surface area contributed by atoms with Crippen LogP contribution in [0.3, 0.4) is 0 Å². The Labute approximate surface area is 119 Å². The normalized spacial score (nSPS) is 11.1. The van der Waals surface area contributed by atoms with Crippen molar-refractivity contribution in [2.24, 2.45) is 0 Å². The van der Waals surface area contributed by atoms with Gasteiger partial charge in [-0.1, -0.05) is 29.5 Å². The van der Waals surface area contributed by atoms with Crippen LogP contribution in [0, 0.1) is 13.8 Å². The number of nitrogen functional groups attached to an aromatic ring is 1. The molecule has 0 unspecified atom stereocenters. The van der Waals surface area contributed by atoms with Gasteiger partial charge in [-0.3, -0.25) is 0 Å². The zero-order valence-electron chi connectivity index (χ0n) is 10.7. The lowest BCUT2D eigenvalue weighted by atomic mass is 10.2. The lowest BCUT2D eigenvalue weighted by Crippen LogP contribution is -1.95. The van der Waals surface area contributed by atoms with E-state index < -0.39 is 0 Å². The number of aryl methyl sites for hydroxylation is 2. The maximum absolute atomic E-state index is 5.77. The second-order valence-electron chi connectivity index (χ2n) is 4.40. The number of hydrogen-bond acceptors (Lipinski definition) is 5. The number of hydrogen-bond donors (Lipinski definition) is 1. The third-order valence-electron chi connectivity index (χ3n) is 2.84. The minimum Gasteiger partial charge on any atom is -0.368 e. The SMILES string of the molecule is Cc1ccc(Sc2nc(N)nc3sccc23)c(C)c1. The summed E-state index contributed by atoms with van der Waals surface area (Å²) in [4.78, 5) is 10.8. The fourth-order valence-corrected chi connectivity index (χ4v) is 3.75. The first-order valence-corrected chi connectivity index (χ1v) is 7.59. The highest BCUT2D eigenvalue weighted by Crippen LogP contribution is 2.35. The van der Waals surface area contributed by atoms with E-state index in [9.17, 15) is 0 Å². The van der Waals surface area contributed by atoms with Gasteiger partial charge in [-0.15, -0.1) is 11.3 Å². The first-order chi connectivity index (χ1) is 9.13. The fraction of sp³-hybridized carbons (Fsp3) is 0.143. The molecule has 3 nitrogen and oxygen atoms in total. The second-order valence-corrected chi connectivity index (χ2v) is 6.32. The van der Waals surface area contributed by atoms with Crippen molar-refractivity contribution in [3.63, 3.8) is 0 Å². The second kappa shape index (κ2) is 4.83. The van der Waals surface area contributed by atoms with E-state index >= 15 is 0 Å². The molecular formula is C14H13N3S2. The summed E-state index contributed by atoms with van der Waals surface area (Å²) in [7, 11) is 0. The molecule has 0 amide bonds. The Morgan fingerprint density at radius 1 is 1.16 bits per heavy atom. The molecule has 0 bridgehead atoms. The summed E-state index contributed by atoms with van der Waals surface area (Å²) < 4.78 is 0. The van der Waals surface area contributed by atoms with Gasteiger partial charge in [-0.25, -0.2) is 9.97 Å². The van der Waals surface area contributed by atoms with E-state index in [4.69, 9.17) is 5.73 Å². The number of nitrogens with zero attached hydrogens (tertiary/aromatic N) is 2. The summed E-state index contributed by atoms with van der Waals surface area (Å²) in [5, 5.41) is 4.02. The molecule has 3 aromatic rings. The van der Waals surface area contributed by atoms with Crippen LogP contribution in [-0.4, -0.2) is 9.97 Å². The van der Waals surface area contributed by atoms with Gasteiger partial charge in [0, 0.05) is 10.3 Å². The van der Waals surface area contributed by atoms with E-state index in [1.54, 1.807) is 23.1 Å². The van der Waals surface area contributed by atoms with Crippen LogP contribution < -0.4 is 5.73 Å². The van der Waals surface area contributed by atoms with Crippen LogP contribution in [0.4, 0.5) is 5.95 Å². The fourth-order valence-electron chi connectivity index (χ4n) is 1.94. The van der Waals surface area contributed by atoms with Crippen molar-refractivity contribution in [1.82, 2.24) is 9.97 Å². The summed E-state index contributed by atoms with van der Waals surface area (Å²) in [6.07, 6.45) is 0. The summed E-state index contributed by atoms with van der Waals surface area (Å²) in [6.45, 7) is 4.21. The molecule has 1 aromatic carbocycles. The number of anilines is 1. The number of fused-ring (bicyclic) bond motifs is 1. The topological polar surface area (TPSA) is 51.8 Å². The Bertz CT molecular complexity index is 750. The number of rotatable bonds is 2. The van der Waals surface area contributed by atoms with Gasteiger partial charge in [0.05, 0.1) is 0 Å². The molecule has 0 aliphatic heterocycles. The van der Waals surface area contributed by atoms with Crippen molar-refractivity contribution in [2.75, 3.05) is 5.73 Å². The van der Waals surface area contributed by atoms with E-state index in [0.717, 1.165) is 15.2 Å². The van der Waals surface area contributed by atoms with E-state index in [-0.39, 0.29) is 0 Å². The van der Waals surface area contributed by atoms with Gasteiger partial charge in [-0.05, 0) is 36.9 Å². The summed E-state index contributed by atoms with van der Waals surface area (Å²) in [6, 6.07) is 8.47. The maximum atomic E-state index is 5.77. The summed E-state index contributed by atoms with van der Waals surface area (Å²) in [5.41, 5.74) is 8.29. The first kappa shape index (κ1) is 12.4. The maximum Gasteiger partial charge on any atom is 0.222 e. The average Bonchev–Trinajstić information content (AvgIpc) is 2.80. The van der Waals surface area contributed by atoms with Crippen LogP contribution in [0.5, 0.6) is 0 Å². The minimum absolute atomic E-state index is 0.335. The van der Waals surface area contributed by atoms with E-state index in [1.807, 2.05) is 11.4 Å². The number of aromatic nitrogens is 2. The van der Waals surface area contributed by atoms with Crippen LogP contribution >= 0.6 is 23.1 Å². The molecule has 3 rings (SSSR count). The van der Waals surface area contributed by atoms with Crippen molar-refractivity contribution >= 4 is 39.3 Å². The monoisotopic (exact) mass is 287 g/mol. The lowest BCUT2D eigenvalue weighted by Gasteiger charge is -2.07. The molecule has 0 fully saturated rings. The molecule has 0 aliphatic rings. The lowest BCUT2D eigenvalue weighted by molar-refractivity contribution is 1.12. The Morgan fingerprint density at radius 2 is 2.00 bits per heavy atom. The largest absolute Gasteiger partial charge is 0.368 e. The smallest absolute Gasteiger partial charge is 0.222 e. The molecule has 0 atom stereocenters. The summed E-state index contributed by atoms with van der Waals surface area (Å²) >= 11 is 3.24. The van der Waals surface area contributed by atoms with Gasteiger partial charge >= 0.3 is 0 Å². The van der Waals surface area contributed by atoms with Crippen LogP contribution in [-0.2, 0) is 0 Å². The van der Waals surface area contributed by atoms with Crippen molar-refractivity contribution in [2.45, 2.75) is 23.8 Å². The van der Waals surface area contributed by atoms with Gasteiger partial charge in [-0.2, -0.15) is 0 Å². The standard InChI is InChI=1S/C14H13N3S2/c1-8-3-4-11(9(2)7-8)19-13-10-5-6-18-12(10)16-14(15)17-13/h3-7H,1-2H3,(H2,15,16,17).